The first-order valence-corrected chi connectivity index (χ1v) is 6.46. The Morgan fingerprint density at radius 2 is 1.95 bits per heavy atom. The highest BCUT2D eigenvalue weighted by Crippen LogP contribution is 2.15. The maximum atomic E-state index is 11.7. The van der Waals surface area contributed by atoms with Gasteiger partial charge < -0.3 is 10.1 Å². The third-order valence-corrected chi connectivity index (χ3v) is 3.12. The van der Waals surface area contributed by atoms with Crippen molar-refractivity contribution in [3.63, 3.8) is 0 Å². The van der Waals surface area contributed by atoms with Crippen molar-refractivity contribution in [2.24, 2.45) is 0 Å². The monoisotopic (exact) mass is 283 g/mol. The van der Waals surface area contributed by atoms with Gasteiger partial charge in [-0.2, -0.15) is 0 Å². The maximum Gasteiger partial charge on any atom is 0.340 e. The number of ether oxygens (including phenoxy) is 1. The molecule has 0 unspecified atom stereocenters. The van der Waals surface area contributed by atoms with Crippen molar-refractivity contribution < 1.29 is 14.3 Å². The van der Waals surface area contributed by atoms with Crippen LogP contribution in [0.25, 0.3) is 0 Å². The summed E-state index contributed by atoms with van der Waals surface area (Å²) in [7, 11) is 0. The number of esters is 1. The maximum absolute atomic E-state index is 11.7. The zero-order chi connectivity index (χ0) is 14.5. The minimum absolute atomic E-state index is 0.256. The Labute approximate surface area is 118 Å². The van der Waals surface area contributed by atoms with Crippen LogP contribution in [-0.2, 0) is 9.53 Å². The van der Waals surface area contributed by atoms with Crippen molar-refractivity contribution in [3.8, 4) is 0 Å². The largest absolute Gasteiger partial charge is 0.452 e. The molecule has 1 aromatic rings. The first-order valence-electron chi connectivity index (χ1n) is 6.08. The van der Waals surface area contributed by atoms with Gasteiger partial charge in [0.1, 0.15) is 0 Å². The number of hydrogen-bond donors (Lipinski definition) is 1. The molecule has 5 heteroatoms. The first-order chi connectivity index (χ1) is 8.85. The molecule has 1 N–H and O–H groups in total. The highest BCUT2D eigenvalue weighted by molar-refractivity contribution is 6.33. The zero-order valence-electron chi connectivity index (χ0n) is 11.3. The third kappa shape index (κ3) is 4.91. The lowest BCUT2D eigenvalue weighted by molar-refractivity contribution is -0.125. The third-order valence-electron chi connectivity index (χ3n) is 2.79. The van der Waals surface area contributed by atoms with Gasteiger partial charge in [-0.25, -0.2) is 4.79 Å². The number of carbonyl (C=O) groups is 2. The predicted molar refractivity (Wildman–Crippen MR) is 74.2 cm³/mol. The lowest BCUT2D eigenvalue weighted by atomic mass is 10.0. The van der Waals surface area contributed by atoms with Crippen LogP contribution in [0.4, 0.5) is 0 Å². The molecule has 0 atom stereocenters. The van der Waals surface area contributed by atoms with Crippen LogP contribution >= 0.6 is 11.6 Å². The highest BCUT2D eigenvalue weighted by atomic mass is 35.5. The lowest BCUT2D eigenvalue weighted by Gasteiger charge is -2.24. The molecule has 0 aliphatic heterocycles. The molecule has 0 fully saturated rings. The van der Waals surface area contributed by atoms with Crippen molar-refractivity contribution in [2.45, 2.75) is 32.7 Å². The summed E-state index contributed by atoms with van der Waals surface area (Å²) in [4.78, 5) is 23.3. The Bertz CT molecular complexity index is 472. The van der Waals surface area contributed by atoms with E-state index in [1.54, 1.807) is 24.3 Å². The molecule has 0 aliphatic rings. The number of halogens is 1. The van der Waals surface area contributed by atoms with Crippen LogP contribution in [0.2, 0.25) is 5.02 Å². The smallest absolute Gasteiger partial charge is 0.340 e. The van der Waals surface area contributed by atoms with Gasteiger partial charge in [-0.1, -0.05) is 30.7 Å². The van der Waals surface area contributed by atoms with E-state index < -0.39 is 5.97 Å². The Morgan fingerprint density at radius 3 is 2.53 bits per heavy atom. The van der Waals surface area contributed by atoms with Crippen LogP contribution in [0.15, 0.2) is 24.3 Å². The summed E-state index contributed by atoms with van der Waals surface area (Å²) < 4.78 is 4.93. The molecule has 0 radical (unpaired) electrons. The summed E-state index contributed by atoms with van der Waals surface area (Å²) in [6, 6.07) is 6.55. The van der Waals surface area contributed by atoms with Gasteiger partial charge in [0, 0.05) is 5.54 Å². The van der Waals surface area contributed by atoms with E-state index in [9.17, 15) is 9.59 Å². The molecular weight excluding hydrogens is 266 g/mol. The SMILES string of the molecule is CCC(C)(C)NC(=O)COC(=O)c1ccccc1Cl. The fourth-order valence-electron chi connectivity index (χ4n) is 1.34. The number of rotatable bonds is 5. The molecule has 0 heterocycles. The molecule has 1 aromatic carbocycles. The van der Waals surface area contributed by atoms with E-state index in [-0.39, 0.29) is 23.6 Å². The standard InChI is InChI=1S/C14H18ClNO3/c1-4-14(2,3)16-12(17)9-19-13(18)10-7-5-6-8-11(10)15/h5-8H,4,9H2,1-3H3,(H,16,17). The van der Waals surface area contributed by atoms with Crippen molar-refractivity contribution in [2.75, 3.05) is 6.61 Å². The average Bonchev–Trinajstić information content (AvgIpc) is 2.36. The van der Waals surface area contributed by atoms with Crippen LogP contribution in [0.1, 0.15) is 37.6 Å². The molecule has 19 heavy (non-hydrogen) atoms. The second-order valence-corrected chi connectivity index (χ2v) is 5.25. The van der Waals surface area contributed by atoms with Crippen molar-refractivity contribution in [3.05, 3.63) is 34.9 Å². The van der Waals surface area contributed by atoms with E-state index in [2.05, 4.69) is 5.32 Å². The molecule has 0 saturated heterocycles. The Kier molecular flexibility index (Phi) is 5.36. The average molecular weight is 284 g/mol. The van der Waals surface area contributed by atoms with Crippen LogP contribution in [0, 0.1) is 0 Å². The van der Waals surface area contributed by atoms with Crippen LogP contribution in [0.3, 0.4) is 0 Å². The van der Waals surface area contributed by atoms with Gasteiger partial charge >= 0.3 is 5.97 Å². The van der Waals surface area contributed by atoms with E-state index in [0.717, 1.165) is 6.42 Å². The molecule has 1 amide bonds. The molecule has 1 rings (SSSR count). The predicted octanol–water partition coefficient (Wildman–Crippen LogP) is 2.80. The topological polar surface area (TPSA) is 55.4 Å². The van der Waals surface area contributed by atoms with E-state index >= 15 is 0 Å². The number of hydrogen-bond acceptors (Lipinski definition) is 3. The minimum atomic E-state index is -0.602. The number of amides is 1. The van der Waals surface area contributed by atoms with E-state index in [0.29, 0.717) is 5.02 Å². The molecule has 0 spiro atoms. The van der Waals surface area contributed by atoms with Crippen molar-refractivity contribution in [1.29, 1.82) is 0 Å². The summed E-state index contributed by atoms with van der Waals surface area (Å²) in [5.41, 5.74) is -0.0554. The normalized spacial score (nSPS) is 10.9. The number of carbonyl (C=O) groups excluding carboxylic acids is 2. The van der Waals surface area contributed by atoms with Gasteiger partial charge in [0.15, 0.2) is 6.61 Å². The quantitative estimate of drug-likeness (QED) is 0.846. The Balaban J connectivity index is 2.52. The second-order valence-electron chi connectivity index (χ2n) is 4.84. The van der Waals surface area contributed by atoms with Gasteiger partial charge in [0.05, 0.1) is 10.6 Å². The van der Waals surface area contributed by atoms with Crippen molar-refractivity contribution >= 4 is 23.5 Å². The summed E-state index contributed by atoms with van der Waals surface area (Å²) in [5, 5.41) is 3.09. The molecule has 4 nitrogen and oxygen atoms in total. The number of nitrogens with one attached hydrogen (secondary N) is 1. The summed E-state index contributed by atoms with van der Waals surface area (Å²) >= 11 is 5.86. The molecule has 0 aromatic heterocycles. The number of benzene rings is 1. The van der Waals surface area contributed by atoms with E-state index in [4.69, 9.17) is 16.3 Å². The van der Waals surface area contributed by atoms with Crippen LogP contribution in [0.5, 0.6) is 0 Å². The molecule has 0 bridgehead atoms. The van der Waals surface area contributed by atoms with Gasteiger partial charge in [-0.3, -0.25) is 4.79 Å². The Hall–Kier alpha value is -1.55. The molecule has 104 valence electrons. The zero-order valence-corrected chi connectivity index (χ0v) is 12.1. The fraction of sp³-hybridized carbons (Fsp3) is 0.429. The van der Waals surface area contributed by atoms with Gasteiger partial charge in [-0.15, -0.1) is 0 Å². The van der Waals surface area contributed by atoms with E-state index in [1.807, 2.05) is 20.8 Å². The summed E-state index contributed by atoms with van der Waals surface area (Å²) in [6.45, 7) is 5.46. The summed E-state index contributed by atoms with van der Waals surface area (Å²) in [6.07, 6.45) is 0.789. The van der Waals surface area contributed by atoms with Crippen LogP contribution in [-0.4, -0.2) is 24.0 Å². The highest BCUT2D eigenvalue weighted by Gasteiger charge is 2.19. The molecule has 0 aliphatic carbocycles. The lowest BCUT2D eigenvalue weighted by Crippen LogP contribution is -2.44. The van der Waals surface area contributed by atoms with Crippen LogP contribution < -0.4 is 5.32 Å². The second kappa shape index (κ2) is 6.57. The van der Waals surface area contributed by atoms with E-state index in [1.165, 1.54) is 0 Å². The summed E-state index contributed by atoms with van der Waals surface area (Å²) in [5.74, 6) is -0.928. The Morgan fingerprint density at radius 1 is 1.32 bits per heavy atom. The van der Waals surface area contributed by atoms with Gasteiger partial charge in [0.25, 0.3) is 5.91 Å². The van der Waals surface area contributed by atoms with Gasteiger partial charge in [0.2, 0.25) is 0 Å². The molecular formula is C14H18ClNO3. The fourth-order valence-corrected chi connectivity index (χ4v) is 1.55. The minimum Gasteiger partial charge on any atom is -0.452 e. The molecule has 0 saturated carbocycles. The first kappa shape index (κ1) is 15.5. The van der Waals surface area contributed by atoms with Crippen molar-refractivity contribution in [1.82, 2.24) is 5.32 Å². The van der Waals surface area contributed by atoms with Gasteiger partial charge in [-0.05, 0) is 32.4 Å².